The average molecular weight is 376 g/mol. The lowest BCUT2D eigenvalue weighted by Crippen LogP contribution is -2.36. The Morgan fingerprint density at radius 1 is 1.48 bits per heavy atom. The Labute approximate surface area is 138 Å². The minimum atomic E-state index is -0.518. The number of hydrogen-bond donors (Lipinski definition) is 1. The molecule has 0 aromatic heterocycles. The Hall–Kier alpha value is -0.780. The molecule has 6 heteroatoms. The van der Waals surface area contributed by atoms with Gasteiger partial charge in [0.15, 0.2) is 0 Å². The fourth-order valence-corrected chi connectivity index (χ4v) is 3.25. The summed E-state index contributed by atoms with van der Waals surface area (Å²) in [5.74, 6) is 0. The second-order valence-corrected chi connectivity index (χ2v) is 7.48. The first-order chi connectivity index (χ1) is 9.69. The summed E-state index contributed by atoms with van der Waals surface area (Å²) in [5.41, 5.74) is 7.59. The highest BCUT2D eigenvalue weighted by Crippen LogP contribution is 2.35. The highest BCUT2D eigenvalue weighted by Gasteiger charge is 2.29. The van der Waals surface area contributed by atoms with Crippen LogP contribution in [0, 0.1) is 0 Å². The van der Waals surface area contributed by atoms with Gasteiger partial charge in [-0.1, -0.05) is 27.5 Å². The molecular weight excluding hydrogens is 356 g/mol. The van der Waals surface area contributed by atoms with Crippen LogP contribution < -0.4 is 5.73 Å². The van der Waals surface area contributed by atoms with Gasteiger partial charge in [0.1, 0.15) is 5.60 Å². The van der Waals surface area contributed by atoms with E-state index < -0.39 is 5.60 Å². The van der Waals surface area contributed by atoms with Crippen LogP contribution in [0.25, 0.3) is 0 Å². The minimum Gasteiger partial charge on any atom is -0.444 e. The van der Waals surface area contributed by atoms with Gasteiger partial charge in [0.2, 0.25) is 0 Å². The average Bonchev–Trinajstić information content (AvgIpc) is 2.52. The zero-order valence-corrected chi connectivity index (χ0v) is 14.8. The van der Waals surface area contributed by atoms with Gasteiger partial charge in [-0.2, -0.15) is 0 Å². The molecule has 1 aliphatic rings. The fourth-order valence-electron chi connectivity index (χ4n) is 2.36. The van der Waals surface area contributed by atoms with Gasteiger partial charge < -0.3 is 15.4 Å². The van der Waals surface area contributed by atoms with Crippen molar-refractivity contribution in [3.05, 3.63) is 32.8 Å². The van der Waals surface area contributed by atoms with E-state index in [9.17, 15) is 4.79 Å². The molecule has 1 heterocycles. The van der Waals surface area contributed by atoms with Crippen LogP contribution >= 0.6 is 27.5 Å². The van der Waals surface area contributed by atoms with Crippen molar-refractivity contribution >= 4 is 33.6 Å². The van der Waals surface area contributed by atoms with E-state index in [0.29, 0.717) is 24.5 Å². The fraction of sp³-hybridized carbons (Fsp3) is 0.533. The zero-order chi connectivity index (χ0) is 15.8. The maximum absolute atomic E-state index is 12.3. The molecule has 0 aliphatic carbocycles. The van der Waals surface area contributed by atoms with Gasteiger partial charge in [0.25, 0.3) is 0 Å². The van der Waals surface area contributed by atoms with Crippen LogP contribution in [0.1, 0.15) is 44.4 Å². The van der Waals surface area contributed by atoms with Crippen LogP contribution in [0.2, 0.25) is 5.02 Å². The van der Waals surface area contributed by atoms with Crippen molar-refractivity contribution in [1.82, 2.24) is 4.90 Å². The molecule has 21 heavy (non-hydrogen) atoms. The Morgan fingerprint density at radius 2 is 2.14 bits per heavy atom. The van der Waals surface area contributed by atoms with E-state index in [1.807, 2.05) is 32.9 Å². The first-order valence-corrected chi connectivity index (χ1v) is 8.06. The highest BCUT2D eigenvalue weighted by molar-refractivity contribution is 9.10. The quantitative estimate of drug-likeness (QED) is 0.738. The Kier molecular flexibility index (Phi) is 4.85. The van der Waals surface area contributed by atoms with Crippen molar-refractivity contribution in [3.8, 4) is 0 Å². The first kappa shape index (κ1) is 16.6. The van der Waals surface area contributed by atoms with Gasteiger partial charge in [0, 0.05) is 22.1 Å². The summed E-state index contributed by atoms with van der Waals surface area (Å²) in [7, 11) is 0. The summed E-state index contributed by atoms with van der Waals surface area (Å²) >= 11 is 9.82. The number of carbonyl (C=O) groups excluding carboxylic acids is 1. The number of benzene rings is 1. The number of halogens is 2. The van der Waals surface area contributed by atoms with Crippen molar-refractivity contribution in [2.45, 2.75) is 45.4 Å². The summed E-state index contributed by atoms with van der Waals surface area (Å²) in [4.78, 5) is 13.9. The molecule has 0 radical (unpaired) electrons. The monoisotopic (exact) mass is 374 g/mol. The second-order valence-electron chi connectivity index (χ2n) is 6.22. The number of ether oxygens (including phenoxy) is 1. The minimum absolute atomic E-state index is 0.152. The molecule has 1 aromatic rings. The van der Waals surface area contributed by atoms with Crippen molar-refractivity contribution in [2.24, 2.45) is 5.73 Å². The van der Waals surface area contributed by atoms with Crippen molar-refractivity contribution in [3.63, 3.8) is 0 Å². The molecule has 0 saturated heterocycles. The van der Waals surface area contributed by atoms with Gasteiger partial charge in [-0.3, -0.25) is 0 Å². The third-order valence-electron chi connectivity index (χ3n) is 3.33. The number of rotatable bonds is 0. The number of carbonyl (C=O) groups is 1. The second kappa shape index (κ2) is 6.15. The molecule has 0 bridgehead atoms. The molecule has 2 N–H and O–H groups in total. The molecule has 4 nitrogen and oxygen atoms in total. The van der Waals surface area contributed by atoms with Crippen LogP contribution in [0.3, 0.4) is 0 Å². The van der Waals surface area contributed by atoms with Gasteiger partial charge in [-0.25, -0.2) is 4.79 Å². The third kappa shape index (κ3) is 3.90. The molecule has 1 aromatic carbocycles. The van der Waals surface area contributed by atoms with Crippen LogP contribution in [0.4, 0.5) is 4.79 Å². The topological polar surface area (TPSA) is 55.6 Å². The summed E-state index contributed by atoms with van der Waals surface area (Å²) in [6, 6.07) is 3.56. The highest BCUT2D eigenvalue weighted by atomic mass is 79.9. The first-order valence-electron chi connectivity index (χ1n) is 6.89. The molecular formula is C15H20BrClN2O2. The smallest absolute Gasteiger partial charge is 0.410 e. The van der Waals surface area contributed by atoms with Crippen LogP contribution in [0.5, 0.6) is 0 Å². The van der Waals surface area contributed by atoms with Crippen molar-refractivity contribution in [1.29, 1.82) is 0 Å². The molecule has 0 spiro atoms. The lowest BCUT2D eigenvalue weighted by molar-refractivity contribution is 0.0235. The number of fused-ring (bicyclic) bond motifs is 1. The molecule has 0 saturated carbocycles. The summed E-state index contributed by atoms with van der Waals surface area (Å²) < 4.78 is 6.38. The lowest BCUT2D eigenvalue weighted by atomic mass is 10.0. The van der Waals surface area contributed by atoms with Gasteiger partial charge in [-0.15, -0.1) is 0 Å². The SMILES string of the molecule is CC(C)(C)OC(=O)N1CC[C@@H](N)c2c(Br)ccc(Cl)c2C1. The normalized spacial score (nSPS) is 19.0. The molecule has 0 fully saturated rings. The number of amides is 1. The van der Waals surface area contributed by atoms with Gasteiger partial charge >= 0.3 is 6.09 Å². The lowest BCUT2D eigenvalue weighted by Gasteiger charge is -2.26. The standard InChI is InChI=1S/C15H20BrClN2O2/c1-15(2,3)21-14(20)19-7-6-12(18)13-9(8-19)11(17)5-4-10(13)16/h4-5,12H,6-8,18H2,1-3H3/t12-/m1/s1. The number of nitrogens with two attached hydrogens (primary N) is 1. The van der Waals surface area contributed by atoms with Crippen molar-refractivity contribution in [2.75, 3.05) is 6.54 Å². The van der Waals surface area contributed by atoms with E-state index in [4.69, 9.17) is 22.1 Å². The maximum Gasteiger partial charge on any atom is 0.410 e. The molecule has 1 atom stereocenters. The predicted molar refractivity (Wildman–Crippen MR) is 87.3 cm³/mol. The van der Waals surface area contributed by atoms with Crippen LogP contribution in [0.15, 0.2) is 16.6 Å². The summed E-state index contributed by atoms with van der Waals surface area (Å²) in [6.45, 7) is 6.52. The maximum atomic E-state index is 12.3. The van der Waals surface area contributed by atoms with Gasteiger partial charge in [-0.05, 0) is 50.5 Å². The predicted octanol–water partition coefficient (Wildman–Crippen LogP) is 4.24. The molecule has 1 aliphatic heterocycles. The van der Waals surface area contributed by atoms with E-state index in [-0.39, 0.29) is 12.1 Å². The molecule has 0 unspecified atom stereocenters. The zero-order valence-electron chi connectivity index (χ0n) is 12.5. The van der Waals surface area contributed by atoms with Crippen LogP contribution in [-0.4, -0.2) is 23.1 Å². The summed E-state index contributed by atoms with van der Waals surface area (Å²) in [5, 5.41) is 0.624. The Morgan fingerprint density at radius 3 is 2.76 bits per heavy atom. The number of hydrogen-bond acceptors (Lipinski definition) is 3. The Balaban J connectivity index is 2.31. The Bertz CT molecular complexity index is 557. The summed E-state index contributed by atoms with van der Waals surface area (Å²) in [6.07, 6.45) is 0.337. The largest absolute Gasteiger partial charge is 0.444 e. The van der Waals surface area contributed by atoms with E-state index >= 15 is 0 Å². The van der Waals surface area contributed by atoms with Crippen LogP contribution in [-0.2, 0) is 11.3 Å². The van der Waals surface area contributed by atoms with E-state index in [2.05, 4.69) is 15.9 Å². The van der Waals surface area contributed by atoms with E-state index in [1.54, 1.807) is 4.90 Å². The van der Waals surface area contributed by atoms with Gasteiger partial charge in [0.05, 0.1) is 6.54 Å². The number of nitrogens with zero attached hydrogens (tertiary/aromatic N) is 1. The van der Waals surface area contributed by atoms with Crippen molar-refractivity contribution < 1.29 is 9.53 Å². The molecule has 1 amide bonds. The van der Waals surface area contributed by atoms with E-state index in [1.165, 1.54) is 0 Å². The van der Waals surface area contributed by atoms with E-state index in [0.717, 1.165) is 15.6 Å². The molecule has 2 rings (SSSR count). The third-order valence-corrected chi connectivity index (χ3v) is 4.37. The molecule has 116 valence electrons.